The molecule has 1 spiro atoms. The molecule has 0 radical (unpaired) electrons. The van der Waals surface area contributed by atoms with Crippen molar-refractivity contribution in [2.45, 2.75) is 30.9 Å². The number of aliphatic carboxylic acids is 2. The summed E-state index contributed by atoms with van der Waals surface area (Å²) >= 11 is 1.83. The highest BCUT2D eigenvalue weighted by Crippen LogP contribution is 2.33. The molecule has 3 rings (SSSR count). The van der Waals surface area contributed by atoms with Crippen molar-refractivity contribution < 1.29 is 55.6 Å². The van der Waals surface area contributed by atoms with E-state index in [4.69, 9.17) is 29.3 Å². The molecule has 1 aromatic rings. The number of thiophene rings is 1. The summed E-state index contributed by atoms with van der Waals surface area (Å²) in [5.41, 5.74) is -0.0889. The van der Waals surface area contributed by atoms with E-state index in [0.29, 0.717) is 5.92 Å². The number of hydrogen-bond acceptors (Lipinski definition) is 7. The van der Waals surface area contributed by atoms with Gasteiger partial charge in [-0.2, -0.15) is 26.3 Å². The van der Waals surface area contributed by atoms with Crippen molar-refractivity contribution in [1.29, 1.82) is 0 Å². The van der Waals surface area contributed by atoms with Gasteiger partial charge in [0.1, 0.15) is 5.60 Å². The molecule has 2 saturated heterocycles. The zero-order valence-electron chi connectivity index (χ0n) is 19.1. The first kappa shape index (κ1) is 31.1. The summed E-state index contributed by atoms with van der Waals surface area (Å²) < 4.78 is 75.6. The quantitative estimate of drug-likeness (QED) is 0.565. The lowest BCUT2D eigenvalue weighted by atomic mass is 9.94. The Morgan fingerprint density at radius 1 is 1.17 bits per heavy atom. The van der Waals surface area contributed by atoms with Crippen LogP contribution in [0.1, 0.15) is 11.3 Å². The third-order valence-electron chi connectivity index (χ3n) is 4.78. The maximum atomic E-state index is 10.6. The molecule has 2 fully saturated rings. The Labute approximate surface area is 202 Å². The van der Waals surface area contributed by atoms with Gasteiger partial charge in [0, 0.05) is 31.1 Å². The molecule has 2 aliphatic rings. The van der Waals surface area contributed by atoms with Crippen molar-refractivity contribution in [3.05, 3.63) is 22.4 Å². The van der Waals surface area contributed by atoms with Crippen molar-refractivity contribution in [1.82, 2.24) is 9.80 Å². The second kappa shape index (κ2) is 13.4. The summed E-state index contributed by atoms with van der Waals surface area (Å²) in [4.78, 5) is 24.0. The normalized spacial score (nSPS) is 23.2. The van der Waals surface area contributed by atoms with E-state index in [-0.39, 0.29) is 5.60 Å². The van der Waals surface area contributed by atoms with Crippen molar-refractivity contribution >= 4 is 23.3 Å². The number of carbonyl (C=O) groups is 2. The van der Waals surface area contributed by atoms with E-state index in [0.717, 1.165) is 52.4 Å². The number of nitrogens with zero attached hydrogens (tertiary/aromatic N) is 2. The first-order chi connectivity index (χ1) is 16.0. The highest BCUT2D eigenvalue weighted by atomic mass is 32.1. The maximum Gasteiger partial charge on any atom is 0.490 e. The Bertz CT molecular complexity index is 766. The SMILES string of the molecule is CN(C)CC1COC2(COCCN(Cc3cccs3)C2)C1.O=C(O)C(F)(F)F.O=C(O)C(F)(F)F. The summed E-state index contributed by atoms with van der Waals surface area (Å²) in [5.74, 6) is -4.88. The minimum absolute atomic E-state index is 0.0889. The van der Waals surface area contributed by atoms with Gasteiger partial charge < -0.3 is 24.6 Å². The molecule has 0 amide bonds. The number of ether oxygens (including phenoxy) is 2. The minimum Gasteiger partial charge on any atom is -0.475 e. The number of alkyl halides is 6. The third kappa shape index (κ3) is 12.0. The van der Waals surface area contributed by atoms with Gasteiger partial charge in [-0.3, -0.25) is 4.90 Å². The van der Waals surface area contributed by atoms with Crippen LogP contribution in [-0.4, -0.2) is 103 Å². The summed E-state index contributed by atoms with van der Waals surface area (Å²) in [6.45, 7) is 6.55. The lowest BCUT2D eigenvalue weighted by Crippen LogP contribution is -2.43. The average Bonchev–Trinajstić information content (AvgIpc) is 3.29. The van der Waals surface area contributed by atoms with Crippen molar-refractivity contribution in [2.75, 3.05) is 53.6 Å². The molecule has 2 aliphatic heterocycles. The van der Waals surface area contributed by atoms with Gasteiger partial charge >= 0.3 is 24.3 Å². The molecule has 0 aliphatic carbocycles. The van der Waals surface area contributed by atoms with Crippen LogP contribution in [-0.2, 0) is 25.6 Å². The van der Waals surface area contributed by atoms with Gasteiger partial charge in [-0.1, -0.05) is 6.07 Å². The van der Waals surface area contributed by atoms with E-state index in [9.17, 15) is 26.3 Å². The van der Waals surface area contributed by atoms with Crippen molar-refractivity contribution in [2.24, 2.45) is 5.92 Å². The number of hydrogen-bond donors (Lipinski definition) is 2. The molecule has 2 atom stereocenters. The minimum atomic E-state index is -5.08. The van der Waals surface area contributed by atoms with E-state index >= 15 is 0 Å². The third-order valence-corrected chi connectivity index (χ3v) is 5.64. The molecule has 0 saturated carbocycles. The second-order valence-electron chi connectivity index (χ2n) is 8.27. The number of carboxylic acid groups (broad SMARTS) is 2. The van der Waals surface area contributed by atoms with Crippen LogP contribution < -0.4 is 0 Å². The fourth-order valence-corrected chi connectivity index (χ4v) is 4.27. The molecule has 202 valence electrons. The monoisotopic (exact) mass is 538 g/mol. The molecule has 0 bridgehead atoms. The fourth-order valence-electron chi connectivity index (χ4n) is 3.52. The van der Waals surface area contributed by atoms with Crippen molar-refractivity contribution in [3.8, 4) is 0 Å². The molecule has 0 aromatic carbocycles. The van der Waals surface area contributed by atoms with Crippen LogP contribution in [0.25, 0.3) is 0 Å². The van der Waals surface area contributed by atoms with Crippen LogP contribution >= 0.6 is 11.3 Å². The van der Waals surface area contributed by atoms with E-state index in [1.54, 1.807) is 0 Å². The highest BCUT2D eigenvalue weighted by molar-refractivity contribution is 7.09. The zero-order valence-corrected chi connectivity index (χ0v) is 19.9. The van der Waals surface area contributed by atoms with E-state index in [2.05, 4.69) is 41.4 Å². The van der Waals surface area contributed by atoms with Crippen LogP contribution in [0.5, 0.6) is 0 Å². The van der Waals surface area contributed by atoms with Crippen molar-refractivity contribution in [3.63, 3.8) is 0 Å². The average molecular weight is 539 g/mol. The Hall–Kier alpha value is -1.94. The van der Waals surface area contributed by atoms with Gasteiger partial charge in [-0.05, 0) is 37.9 Å². The number of carboxylic acids is 2. The lowest BCUT2D eigenvalue weighted by molar-refractivity contribution is -0.193. The standard InChI is InChI=1S/C16H26N2O2S.2C2HF3O2/c1-17(2)9-14-8-16(20-11-14)12-18(5-6-19-13-16)10-15-4-3-7-21-15;2*3-2(4,5)1(6)7/h3-4,7,14H,5-6,8-13H2,1-2H3;2*(H,6,7). The van der Waals surface area contributed by atoms with Crippen LogP contribution in [0.2, 0.25) is 0 Å². The van der Waals surface area contributed by atoms with Crippen LogP contribution in [0.3, 0.4) is 0 Å². The zero-order chi connectivity index (χ0) is 26.9. The van der Waals surface area contributed by atoms with Crippen LogP contribution in [0.15, 0.2) is 17.5 Å². The predicted molar refractivity (Wildman–Crippen MR) is 113 cm³/mol. The van der Waals surface area contributed by atoms with E-state index in [1.165, 1.54) is 4.88 Å². The van der Waals surface area contributed by atoms with Gasteiger partial charge in [0.15, 0.2) is 0 Å². The molecule has 2 N–H and O–H groups in total. The van der Waals surface area contributed by atoms with Gasteiger partial charge in [-0.15, -0.1) is 11.3 Å². The number of halogens is 6. The smallest absolute Gasteiger partial charge is 0.475 e. The first-order valence-corrected chi connectivity index (χ1v) is 11.1. The molecule has 1 aromatic heterocycles. The van der Waals surface area contributed by atoms with Gasteiger partial charge in [0.25, 0.3) is 0 Å². The number of rotatable bonds is 4. The fraction of sp³-hybridized carbons (Fsp3) is 0.700. The molecule has 35 heavy (non-hydrogen) atoms. The Morgan fingerprint density at radius 2 is 1.74 bits per heavy atom. The van der Waals surface area contributed by atoms with Crippen LogP contribution in [0.4, 0.5) is 26.3 Å². The largest absolute Gasteiger partial charge is 0.490 e. The lowest BCUT2D eigenvalue weighted by Gasteiger charge is -2.31. The summed E-state index contributed by atoms with van der Waals surface area (Å²) in [6, 6.07) is 4.34. The molecule has 3 heterocycles. The van der Waals surface area contributed by atoms with E-state index in [1.807, 2.05) is 11.3 Å². The Morgan fingerprint density at radius 3 is 2.20 bits per heavy atom. The first-order valence-electron chi connectivity index (χ1n) is 10.3. The topological polar surface area (TPSA) is 99.5 Å². The van der Waals surface area contributed by atoms with Gasteiger partial charge in [-0.25, -0.2) is 9.59 Å². The highest BCUT2D eigenvalue weighted by Gasteiger charge is 2.43. The predicted octanol–water partition coefficient (Wildman–Crippen LogP) is 3.18. The van der Waals surface area contributed by atoms with Gasteiger partial charge in [0.05, 0.1) is 19.8 Å². The molecular formula is C20H28F6N2O6S. The van der Waals surface area contributed by atoms with Gasteiger partial charge in [0.2, 0.25) is 0 Å². The molecular weight excluding hydrogens is 510 g/mol. The maximum absolute atomic E-state index is 10.6. The molecule has 2 unspecified atom stereocenters. The summed E-state index contributed by atoms with van der Waals surface area (Å²) in [5, 5.41) is 16.4. The Balaban J connectivity index is 0.000000362. The summed E-state index contributed by atoms with van der Waals surface area (Å²) in [6.07, 6.45) is -9.05. The second-order valence-corrected chi connectivity index (χ2v) is 9.31. The summed E-state index contributed by atoms with van der Waals surface area (Å²) in [7, 11) is 4.27. The van der Waals surface area contributed by atoms with Crippen LogP contribution in [0, 0.1) is 5.92 Å². The van der Waals surface area contributed by atoms with E-state index < -0.39 is 24.3 Å². The molecule has 8 nitrogen and oxygen atoms in total. The Kier molecular flexibility index (Phi) is 11.9. The molecule has 15 heteroatoms.